The number of nitrogens with one attached hydrogen (secondary N) is 1. The largest absolute Gasteiger partial charge is 0.493 e. The molecule has 5 nitrogen and oxygen atoms in total. The SMILES string of the molecule is CCOC(=O)c1[nH]c(=S)sc1-c1cccc(OC)c1OC. The first-order chi connectivity index (χ1) is 10.1. The normalized spacial score (nSPS) is 10.2. The van der Waals surface area contributed by atoms with Crippen molar-refractivity contribution in [2.45, 2.75) is 6.92 Å². The summed E-state index contributed by atoms with van der Waals surface area (Å²) in [6, 6.07) is 5.46. The summed E-state index contributed by atoms with van der Waals surface area (Å²) in [5, 5.41) is 0. The molecular weight excluding hydrogens is 310 g/mol. The predicted octanol–water partition coefficient (Wildman–Crippen LogP) is 3.67. The summed E-state index contributed by atoms with van der Waals surface area (Å²) in [6.45, 7) is 2.05. The second kappa shape index (κ2) is 6.73. The Kier molecular flexibility index (Phi) is 4.98. The summed E-state index contributed by atoms with van der Waals surface area (Å²) < 4.78 is 16.2. The van der Waals surface area contributed by atoms with E-state index in [0.717, 1.165) is 5.56 Å². The minimum Gasteiger partial charge on any atom is -0.493 e. The van der Waals surface area contributed by atoms with Crippen LogP contribution in [0.3, 0.4) is 0 Å². The molecule has 0 saturated heterocycles. The molecule has 2 rings (SSSR count). The number of H-pyrrole nitrogens is 1. The van der Waals surface area contributed by atoms with E-state index in [9.17, 15) is 4.79 Å². The highest BCUT2D eigenvalue weighted by Gasteiger charge is 2.21. The molecule has 0 aliphatic carbocycles. The molecule has 0 unspecified atom stereocenters. The van der Waals surface area contributed by atoms with E-state index in [1.165, 1.54) is 11.3 Å². The highest BCUT2D eigenvalue weighted by atomic mass is 32.1. The van der Waals surface area contributed by atoms with Crippen LogP contribution in [0.15, 0.2) is 18.2 Å². The Morgan fingerprint density at radius 2 is 2.10 bits per heavy atom. The summed E-state index contributed by atoms with van der Waals surface area (Å²) >= 11 is 6.44. The highest BCUT2D eigenvalue weighted by Crippen LogP contribution is 2.41. The lowest BCUT2D eigenvalue weighted by atomic mass is 10.1. The molecule has 2 aromatic rings. The number of ether oxygens (including phenoxy) is 3. The molecule has 1 aromatic carbocycles. The maximum absolute atomic E-state index is 12.0. The van der Waals surface area contributed by atoms with E-state index in [4.69, 9.17) is 26.4 Å². The van der Waals surface area contributed by atoms with E-state index in [1.54, 1.807) is 27.2 Å². The third-order valence-electron chi connectivity index (χ3n) is 2.78. The van der Waals surface area contributed by atoms with Gasteiger partial charge in [-0.3, -0.25) is 0 Å². The number of thiazole rings is 1. The molecule has 1 heterocycles. The summed E-state index contributed by atoms with van der Waals surface area (Å²) in [6.07, 6.45) is 0. The van der Waals surface area contributed by atoms with Crippen molar-refractivity contribution in [3.63, 3.8) is 0 Å². The Balaban J connectivity index is 2.62. The third-order valence-corrected chi connectivity index (χ3v) is 4.04. The number of aromatic amines is 1. The van der Waals surface area contributed by atoms with Crippen molar-refractivity contribution in [1.29, 1.82) is 0 Å². The number of aromatic nitrogens is 1. The Morgan fingerprint density at radius 3 is 2.71 bits per heavy atom. The lowest BCUT2D eigenvalue weighted by Gasteiger charge is -2.12. The van der Waals surface area contributed by atoms with Gasteiger partial charge in [0.05, 0.1) is 25.7 Å². The minimum absolute atomic E-state index is 0.296. The maximum atomic E-state index is 12.0. The van der Waals surface area contributed by atoms with Crippen molar-refractivity contribution in [2.75, 3.05) is 20.8 Å². The zero-order chi connectivity index (χ0) is 15.4. The number of benzene rings is 1. The second-order valence-corrected chi connectivity index (χ2v) is 5.67. The van der Waals surface area contributed by atoms with Gasteiger partial charge in [0.1, 0.15) is 5.69 Å². The average molecular weight is 325 g/mol. The van der Waals surface area contributed by atoms with Crippen LogP contribution in [0.2, 0.25) is 0 Å². The van der Waals surface area contributed by atoms with E-state index < -0.39 is 5.97 Å². The molecule has 0 spiro atoms. The zero-order valence-corrected chi connectivity index (χ0v) is 13.5. The smallest absolute Gasteiger partial charge is 0.356 e. The summed E-state index contributed by atoms with van der Waals surface area (Å²) in [4.78, 5) is 15.6. The van der Waals surface area contributed by atoms with Crippen molar-refractivity contribution in [2.24, 2.45) is 0 Å². The Morgan fingerprint density at radius 1 is 1.33 bits per heavy atom. The molecule has 112 valence electrons. The summed E-state index contributed by atoms with van der Waals surface area (Å²) in [5.41, 5.74) is 1.07. The number of hydrogen-bond donors (Lipinski definition) is 1. The Bertz CT molecular complexity index is 705. The van der Waals surface area contributed by atoms with Gasteiger partial charge in [0.15, 0.2) is 15.5 Å². The molecule has 0 atom stereocenters. The third kappa shape index (κ3) is 3.08. The zero-order valence-electron chi connectivity index (χ0n) is 11.9. The molecular formula is C14H15NO4S2. The van der Waals surface area contributed by atoms with Crippen molar-refractivity contribution in [3.05, 3.63) is 27.8 Å². The molecule has 1 N–H and O–H groups in total. The van der Waals surface area contributed by atoms with Gasteiger partial charge < -0.3 is 19.2 Å². The van der Waals surface area contributed by atoms with Crippen LogP contribution in [0.25, 0.3) is 10.4 Å². The quantitative estimate of drug-likeness (QED) is 0.671. The molecule has 0 saturated carbocycles. The number of hydrogen-bond acceptors (Lipinski definition) is 6. The van der Waals surface area contributed by atoms with Crippen LogP contribution in [-0.4, -0.2) is 31.8 Å². The first-order valence-corrected chi connectivity index (χ1v) is 7.46. The van der Waals surface area contributed by atoms with E-state index in [-0.39, 0.29) is 0 Å². The fourth-order valence-electron chi connectivity index (χ4n) is 1.93. The van der Waals surface area contributed by atoms with Gasteiger partial charge in [0, 0.05) is 5.56 Å². The Hall–Kier alpha value is -1.86. The minimum atomic E-state index is -0.440. The standard InChI is InChI=1S/C14H15NO4S2/c1-4-19-13(16)10-12(21-14(20)15-10)8-6-5-7-9(17-2)11(8)18-3/h5-7H,4H2,1-3H3,(H,15,20). The number of methoxy groups -OCH3 is 2. The van der Waals surface area contributed by atoms with Gasteiger partial charge in [-0.25, -0.2) is 4.79 Å². The van der Waals surface area contributed by atoms with Gasteiger partial charge in [-0.05, 0) is 31.3 Å². The molecule has 0 amide bonds. The van der Waals surface area contributed by atoms with Crippen molar-refractivity contribution in [1.82, 2.24) is 4.98 Å². The van der Waals surface area contributed by atoms with Gasteiger partial charge in [-0.1, -0.05) is 6.07 Å². The van der Waals surface area contributed by atoms with Crippen LogP contribution >= 0.6 is 23.6 Å². The van der Waals surface area contributed by atoms with Crippen LogP contribution in [-0.2, 0) is 4.74 Å². The van der Waals surface area contributed by atoms with Crippen LogP contribution in [0.5, 0.6) is 11.5 Å². The second-order valence-electron chi connectivity index (χ2n) is 3.98. The number of carbonyl (C=O) groups is 1. The fourth-order valence-corrected chi connectivity index (χ4v) is 3.13. The molecule has 0 radical (unpaired) electrons. The lowest BCUT2D eigenvalue weighted by molar-refractivity contribution is 0.0521. The van der Waals surface area contributed by atoms with Gasteiger partial charge in [-0.15, -0.1) is 11.3 Å². The monoisotopic (exact) mass is 325 g/mol. The number of rotatable bonds is 5. The highest BCUT2D eigenvalue weighted by molar-refractivity contribution is 7.73. The van der Waals surface area contributed by atoms with E-state index in [0.29, 0.717) is 32.6 Å². The Labute approximate surface area is 131 Å². The summed E-state index contributed by atoms with van der Waals surface area (Å²) in [7, 11) is 3.12. The number of para-hydroxylation sites is 1. The lowest BCUT2D eigenvalue weighted by Crippen LogP contribution is -2.06. The van der Waals surface area contributed by atoms with Gasteiger partial charge in [0.2, 0.25) is 0 Å². The fraction of sp³-hybridized carbons (Fsp3) is 0.286. The molecule has 0 aliphatic heterocycles. The van der Waals surface area contributed by atoms with E-state index in [1.807, 2.05) is 12.1 Å². The summed E-state index contributed by atoms with van der Waals surface area (Å²) in [5.74, 6) is 0.699. The molecule has 7 heteroatoms. The maximum Gasteiger partial charge on any atom is 0.356 e. The topological polar surface area (TPSA) is 60.6 Å². The predicted molar refractivity (Wildman–Crippen MR) is 84.0 cm³/mol. The van der Waals surface area contributed by atoms with Crippen molar-refractivity contribution >= 4 is 29.5 Å². The van der Waals surface area contributed by atoms with E-state index in [2.05, 4.69) is 4.98 Å². The molecule has 1 aromatic heterocycles. The van der Waals surface area contributed by atoms with Crippen molar-refractivity contribution in [3.8, 4) is 21.9 Å². The first-order valence-electron chi connectivity index (χ1n) is 6.24. The average Bonchev–Trinajstić information content (AvgIpc) is 2.88. The molecule has 0 fully saturated rings. The van der Waals surface area contributed by atoms with Gasteiger partial charge in [0.25, 0.3) is 0 Å². The first kappa shape index (κ1) is 15.5. The number of esters is 1. The van der Waals surface area contributed by atoms with Gasteiger partial charge >= 0.3 is 5.97 Å². The van der Waals surface area contributed by atoms with Crippen LogP contribution in [0, 0.1) is 3.95 Å². The molecule has 0 bridgehead atoms. The van der Waals surface area contributed by atoms with Crippen LogP contribution in [0.1, 0.15) is 17.4 Å². The van der Waals surface area contributed by atoms with Gasteiger partial charge in [-0.2, -0.15) is 0 Å². The molecule has 21 heavy (non-hydrogen) atoms. The van der Waals surface area contributed by atoms with E-state index >= 15 is 0 Å². The number of carbonyl (C=O) groups excluding carboxylic acids is 1. The molecule has 0 aliphatic rings. The van der Waals surface area contributed by atoms with Crippen LogP contribution < -0.4 is 9.47 Å². The van der Waals surface area contributed by atoms with Crippen molar-refractivity contribution < 1.29 is 19.0 Å². The van der Waals surface area contributed by atoms with Crippen LogP contribution in [0.4, 0.5) is 0 Å².